The molecule has 35 heavy (non-hydrogen) atoms. The van der Waals surface area contributed by atoms with E-state index in [1.807, 2.05) is 87.5 Å². The van der Waals surface area contributed by atoms with Crippen molar-refractivity contribution in [1.29, 1.82) is 0 Å². The molecule has 0 aliphatic rings. The zero-order valence-electron chi connectivity index (χ0n) is 20.5. The zero-order valence-corrected chi connectivity index (χ0v) is 21.3. The summed E-state index contributed by atoms with van der Waals surface area (Å²) in [6, 6.07) is 23.9. The first-order chi connectivity index (χ1) is 16.9. The van der Waals surface area contributed by atoms with Crippen molar-refractivity contribution < 1.29 is 14.3 Å². The number of nitrogens with one attached hydrogen (secondary N) is 1. The number of rotatable bonds is 11. The molecule has 6 heteroatoms. The topological polar surface area (TPSA) is 58.6 Å². The van der Waals surface area contributed by atoms with Gasteiger partial charge in [0.2, 0.25) is 5.91 Å². The molecule has 184 valence electrons. The van der Waals surface area contributed by atoms with E-state index in [4.69, 9.17) is 16.3 Å². The van der Waals surface area contributed by atoms with Gasteiger partial charge < -0.3 is 15.0 Å². The number of amides is 2. The van der Waals surface area contributed by atoms with E-state index < -0.39 is 6.04 Å². The highest BCUT2D eigenvalue weighted by Crippen LogP contribution is 2.18. The lowest BCUT2D eigenvalue weighted by Crippen LogP contribution is -2.53. The monoisotopic (exact) mass is 492 g/mol. The molecule has 3 aromatic carbocycles. The number of carbonyl (C=O) groups excluding carboxylic acids is 2. The predicted octanol–water partition coefficient (Wildman–Crippen LogP) is 5.58. The summed E-state index contributed by atoms with van der Waals surface area (Å²) in [4.78, 5) is 28.6. The fraction of sp³-hybridized carbons (Fsp3) is 0.310. The molecule has 2 amide bonds. The summed E-state index contributed by atoms with van der Waals surface area (Å²) in [7, 11) is 0. The molecule has 0 bridgehead atoms. The van der Waals surface area contributed by atoms with Crippen molar-refractivity contribution in [3.63, 3.8) is 0 Å². The van der Waals surface area contributed by atoms with Gasteiger partial charge in [0.1, 0.15) is 11.8 Å². The first kappa shape index (κ1) is 26.3. The molecule has 0 spiro atoms. The van der Waals surface area contributed by atoms with Gasteiger partial charge in [-0.3, -0.25) is 9.59 Å². The van der Waals surface area contributed by atoms with Gasteiger partial charge in [0.25, 0.3) is 5.91 Å². The summed E-state index contributed by atoms with van der Waals surface area (Å²) >= 11 is 6.07. The van der Waals surface area contributed by atoms with E-state index in [9.17, 15) is 9.59 Å². The third-order valence-corrected chi connectivity index (χ3v) is 6.17. The summed E-state index contributed by atoms with van der Waals surface area (Å²) in [5, 5.41) is 3.68. The van der Waals surface area contributed by atoms with Crippen molar-refractivity contribution >= 4 is 23.4 Å². The molecule has 0 aromatic heterocycles. The van der Waals surface area contributed by atoms with Crippen molar-refractivity contribution in [2.75, 3.05) is 6.61 Å². The number of benzene rings is 3. The molecule has 2 atom stereocenters. The Morgan fingerprint density at radius 3 is 2.23 bits per heavy atom. The van der Waals surface area contributed by atoms with Gasteiger partial charge in [0.05, 0.1) is 0 Å². The van der Waals surface area contributed by atoms with Crippen LogP contribution in [0.5, 0.6) is 5.75 Å². The number of hydrogen-bond donors (Lipinski definition) is 1. The lowest BCUT2D eigenvalue weighted by atomic mass is 10.0. The maximum atomic E-state index is 13.5. The Kier molecular flexibility index (Phi) is 9.74. The van der Waals surface area contributed by atoms with Crippen LogP contribution in [0.15, 0.2) is 78.9 Å². The molecule has 0 saturated heterocycles. The van der Waals surface area contributed by atoms with E-state index in [2.05, 4.69) is 5.32 Å². The molecule has 3 rings (SSSR count). The fourth-order valence-electron chi connectivity index (χ4n) is 3.64. The normalized spacial score (nSPS) is 12.5. The molecule has 0 aliphatic heterocycles. The van der Waals surface area contributed by atoms with Crippen molar-refractivity contribution in [2.45, 2.75) is 52.2 Å². The van der Waals surface area contributed by atoms with Crippen LogP contribution < -0.4 is 10.1 Å². The number of hydrogen-bond acceptors (Lipinski definition) is 3. The van der Waals surface area contributed by atoms with Gasteiger partial charge in [-0.15, -0.1) is 0 Å². The number of ether oxygens (including phenoxy) is 1. The Labute approximate surface area is 213 Å². The maximum Gasteiger partial charge on any atom is 0.261 e. The summed E-state index contributed by atoms with van der Waals surface area (Å²) < 4.78 is 5.80. The average Bonchev–Trinajstić information content (AvgIpc) is 2.87. The number of halogens is 1. The minimum absolute atomic E-state index is 0.00272. The van der Waals surface area contributed by atoms with Crippen LogP contribution in [0, 0.1) is 6.92 Å². The van der Waals surface area contributed by atoms with E-state index >= 15 is 0 Å². The Hall–Kier alpha value is -3.31. The van der Waals surface area contributed by atoms with E-state index in [0.29, 0.717) is 17.2 Å². The molecule has 3 aromatic rings. The molecule has 0 saturated carbocycles. The van der Waals surface area contributed by atoms with Gasteiger partial charge >= 0.3 is 0 Å². The van der Waals surface area contributed by atoms with Gasteiger partial charge in [-0.2, -0.15) is 0 Å². The molecule has 0 aliphatic carbocycles. The van der Waals surface area contributed by atoms with Crippen LogP contribution >= 0.6 is 11.6 Å². The molecular formula is C29H33ClN2O3. The Morgan fingerprint density at radius 2 is 1.60 bits per heavy atom. The van der Waals surface area contributed by atoms with E-state index in [-0.39, 0.29) is 31.0 Å². The second-order valence-corrected chi connectivity index (χ2v) is 9.21. The van der Waals surface area contributed by atoms with Gasteiger partial charge in [-0.05, 0) is 55.7 Å². The van der Waals surface area contributed by atoms with Crippen molar-refractivity contribution in [1.82, 2.24) is 10.2 Å². The molecule has 5 nitrogen and oxygen atoms in total. The average molecular weight is 493 g/mol. The number of aryl methyl sites for hydroxylation is 1. The summed E-state index contributed by atoms with van der Waals surface area (Å²) in [6.07, 6.45) is 1.19. The molecule has 1 N–H and O–H groups in total. The highest BCUT2D eigenvalue weighted by molar-refractivity contribution is 6.30. The third kappa shape index (κ3) is 8.15. The van der Waals surface area contributed by atoms with Crippen LogP contribution in [0.25, 0.3) is 0 Å². The highest BCUT2D eigenvalue weighted by Gasteiger charge is 2.31. The van der Waals surface area contributed by atoms with Crippen LogP contribution in [-0.4, -0.2) is 35.4 Å². The summed E-state index contributed by atoms with van der Waals surface area (Å²) in [6.45, 7) is 6.07. The first-order valence-corrected chi connectivity index (χ1v) is 12.3. The quantitative estimate of drug-likeness (QED) is 0.380. The standard InChI is InChI=1S/C29H33ClN2O3/c1-4-22(3)31-29(34)27(18-23-8-6-5-7-9-23)32(19-24-12-14-25(30)15-13-24)28(33)20-35-26-16-10-21(2)11-17-26/h5-17,22,27H,4,18-20H2,1-3H3,(H,31,34)/t22-,27-/m0/s1. The predicted molar refractivity (Wildman–Crippen MR) is 141 cm³/mol. The van der Waals surface area contributed by atoms with Crippen LogP contribution in [0.4, 0.5) is 0 Å². The molecule has 0 unspecified atom stereocenters. The molecule has 0 heterocycles. The zero-order chi connectivity index (χ0) is 25.2. The SMILES string of the molecule is CC[C@H](C)NC(=O)[C@H](Cc1ccccc1)N(Cc1ccc(Cl)cc1)C(=O)COc1ccc(C)cc1. The van der Waals surface area contributed by atoms with Gasteiger partial charge in [-0.25, -0.2) is 0 Å². The van der Waals surface area contributed by atoms with Gasteiger partial charge in [0.15, 0.2) is 6.61 Å². The van der Waals surface area contributed by atoms with Gasteiger partial charge in [-0.1, -0.05) is 78.7 Å². The van der Waals surface area contributed by atoms with Crippen molar-refractivity contribution in [2.24, 2.45) is 0 Å². The minimum Gasteiger partial charge on any atom is -0.484 e. The van der Waals surface area contributed by atoms with Gasteiger partial charge in [0, 0.05) is 24.0 Å². The largest absolute Gasteiger partial charge is 0.484 e. The minimum atomic E-state index is -0.698. The van der Waals surface area contributed by atoms with Crippen LogP contribution in [-0.2, 0) is 22.6 Å². The van der Waals surface area contributed by atoms with E-state index in [1.165, 1.54) is 0 Å². The summed E-state index contributed by atoms with van der Waals surface area (Å²) in [5.41, 5.74) is 2.97. The third-order valence-electron chi connectivity index (χ3n) is 5.92. The van der Waals surface area contributed by atoms with Crippen LogP contribution in [0.1, 0.15) is 37.0 Å². The highest BCUT2D eigenvalue weighted by atomic mass is 35.5. The fourth-order valence-corrected chi connectivity index (χ4v) is 3.77. The van der Waals surface area contributed by atoms with Crippen LogP contribution in [0.2, 0.25) is 5.02 Å². The lowest BCUT2D eigenvalue weighted by molar-refractivity contribution is -0.143. The van der Waals surface area contributed by atoms with E-state index in [0.717, 1.165) is 23.1 Å². The Morgan fingerprint density at radius 1 is 0.943 bits per heavy atom. The number of carbonyl (C=O) groups is 2. The molecule has 0 fully saturated rings. The molecular weight excluding hydrogens is 460 g/mol. The maximum absolute atomic E-state index is 13.5. The lowest BCUT2D eigenvalue weighted by Gasteiger charge is -2.32. The Bertz CT molecular complexity index is 1090. The second kappa shape index (κ2) is 13.0. The van der Waals surface area contributed by atoms with E-state index in [1.54, 1.807) is 17.0 Å². The van der Waals surface area contributed by atoms with Crippen molar-refractivity contribution in [3.8, 4) is 5.75 Å². The Balaban J connectivity index is 1.89. The smallest absolute Gasteiger partial charge is 0.261 e. The summed E-state index contributed by atoms with van der Waals surface area (Å²) in [5.74, 6) is 0.167. The first-order valence-electron chi connectivity index (χ1n) is 11.9. The van der Waals surface area contributed by atoms with Crippen molar-refractivity contribution in [3.05, 3.63) is 101 Å². The second-order valence-electron chi connectivity index (χ2n) is 8.77. The number of nitrogens with zero attached hydrogens (tertiary/aromatic N) is 1. The molecule has 0 radical (unpaired) electrons. The van der Waals surface area contributed by atoms with Crippen LogP contribution in [0.3, 0.4) is 0 Å².